The van der Waals surface area contributed by atoms with Crippen molar-refractivity contribution in [2.75, 3.05) is 26.2 Å². The monoisotopic (exact) mass is 330 g/mol. The van der Waals surface area contributed by atoms with Crippen LogP contribution in [-0.2, 0) is 11.3 Å². The van der Waals surface area contributed by atoms with E-state index in [0.717, 1.165) is 5.56 Å². The molecule has 0 spiro atoms. The lowest BCUT2D eigenvalue weighted by Gasteiger charge is -2.30. The minimum atomic E-state index is -4.60. The number of rotatable bonds is 6. The van der Waals surface area contributed by atoms with Crippen molar-refractivity contribution in [1.82, 2.24) is 10.2 Å². The van der Waals surface area contributed by atoms with Crippen molar-refractivity contribution in [1.29, 1.82) is 0 Å². The molecule has 0 bridgehead atoms. The summed E-state index contributed by atoms with van der Waals surface area (Å²) in [5, 5.41) is 11.0. The second kappa shape index (κ2) is 7.31. The molecular formula is C16H21F3N2O2. The number of hydrogen-bond donors (Lipinski definition) is 2. The molecule has 0 radical (unpaired) electrons. The number of aliphatic hydroxyl groups excluding tert-OH is 1. The summed E-state index contributed by atoms with van der Waals surface area (Å²) in [4.78, 5) is 13.8. The highest BCUT2D eigenvalue weighted by molar-refractivity contribution is 5.84. The highest BCUT2D eigenvalue weighted by atomic mass is 19.4. The van der Waals surface area contributed by atoms with E-state index in [0.29, 0.717) is 6.54 Å². The van der Waals surface area contributed by atoms with E-state index in [4.69, 9.17) is 5.11 Å². The van der Waals surface area contributed by atoms with E-state index in [1.807, 2.05) is 30.3 Å². The SMILES string of the molecule is O=C(NCCCO)C1(C(F)(F)F)CCN(Cc2ccccc2)C1. The average Bonchev–Trinajstić information content (AvgIpc) is 2.93. The molecule has 1 aliphatic heterocycles. The van der Waals surface area contributed by atoms with Crippen LogP contribution in [0, 0.1) is 5.41 Å². The maximum Gasteiger partial charge on any atom is 0.404 e. The molecule has 7 heteroatoms. The maximum atomic E-state index is 13.6. The Morgan fingerprint density at radius 2 is 2.00 bits per heavy atom. The Morgan fingerprint density at radius 1 is 1.30 bits per heavy atom. The summed E-state index contributed by atoms with van der Waals surface area (Å²) in [6.07, 6.45) is -4.59. The van der Waals surface area contributed by atoms with Gasteiger partial charge in [0.15, 0.2) is 5.41 Å². The van der Waals surface area contributed by atoms with Crippen molar-refractivity contribution in [3.05, 3.63) is 35.9 Å². The van der Waals surface area contributed by atoms with Gasteiger partial charge in [-0.15, -0.1) is 0 Å². The zero-order valence-electron chi connectivity index (χ0n) is 12.8. The molecule has 23 heavy (non-hydrogen) atoms. The molecule has 0 aromatic heterocycles. The largest absolute Gasteiger partial charge is 0.404 e. The van der Waals surface area contributed by atoms with E-state index >= 15 is 0 Å². The number of nitrogens with zero attached hydrogens (tertiary/aromatic N) is 1. The van der Waals surface area contributed by atoms with Crippen molar-refractivity contribution in [2.45, 2.75) is 25.6 Å². The number of likely N-dealkylation sites (tertiary alicyclic amines) is 1. The first-order valence-corrected chi connectivity index (χ1v) is 7.61. The summed E-state index contributed by atoms with van der Waals surface area (Å²) in [7, 11) is 0. The summed E-state index contributed by atoms with van der Waals surface area (Å²) in [5.41, 5.74) is -1.44. The Labute approximate surface area is 133 Å². The fourth-order valence-corrected chi connectivity index (χ4v) is 2.86. The number of benzene rings is 1. The van der Waals surface area contributed by atoms with Crippen LogP contribution < -0.4 is 5.32 Å². The standard InChI is InChI=1S/C16H21F3N2O2/c17-16(18,19)15(14(23)20-8-4-10-22)7-9-21(12-15)11-13-5-2-1-3-6-13/h1-3,5-6,22H,4,7-12H2,(H,20,23). The number of hydrogen-bond acceptors (Lipinski definition) is 3. The normalized spacial score (nSPS) is 22.3. The van der Waals surface area contributed by atoms with Crippen LogP contribution in [0.3, 0.4) is 0 Å². The molecule has 1 saturated heterocycles. The summed E-state index contributed by atoms with van der Waals surface area (Å²) < 4.78 is 40.7. The number of carbonyl (C=O) groups is 1. The van der Waals surface area contributed by atoms with Gasteiger partial charge in [0.2, 0.25) is 5.91 Å². The number of alkyl halides is 3. The quantitative estimate of drug-likeness (QED) is 0.784. The van der Waals surface area contributed by atoms with Gasteiger partial charge in [-0.2, -0.15) is 13.2 Å². The number of halogens is 3. The van der Waals surface area contributed by atoms with Crippen molar-refractivity contribution in [2.24, 2.45) is 5.41 Å². The first kappa shape index (κ1) is 17.7. The molecule has 2 rings (SSSR count). The molecule has 4 nitrogen and oxygen atoms in total. The molecule has 1 aromatic rings. The number of amides is 1. The van der Waals surface area contributed by atoms with Gasteiger partial charge in [0, 0.05) is 26.2 Å². The number of aliphatic hydroxyl groups is 1. The molecule has 2 N–H and O–H groups in total. The van der Waals surface area contributed by atoms with E-state index in [-0.39, 0.29) is 39.1 Å². The van der Waals surface area contributed by atoms with Crippen LogP contribution in [0.1, 0.15) is 18.4 Å². The molecule has 1 heterocycles. The number of nitrogens with one attached hydrogen (secondary N) is 1. The molecule has 128 valence electrons. The minimum Gasteiger partial charge on any atom is -0.396 e. The third-order valence-corrected chi connectivity index (χ3v) is 4.20. The number of carbonyl (C=O) groups excluding carboxylic acids is 1. The Kier molecular flexibility index (Phi) is 5.64. The highest BCUT2D eigenvalue weighted by Gasteiger charge is 2.62. The van der Waals surface area contributed by atoms with Gasteiger partial charge in [-0.05, 0) is 24.9 Å². The van der Waals surface area contributed by atoms with Crippen LogP contribution in [-0.4, -0.2) is 48.3 Å². The van der Waals surface area contributed by atoms with Gasteiger partial charge in [0.25, 0.3) is 0 Å². The maximum absolute atomic E-state index is 13.6. The fraction of sp³-hybridized carbons (Fsp3) is 0.562. The van der Waals surface area contributed by atoms with Gasteiger partial charge in [0.05, 0.1) is 0 Å². The lowest BCUT2D eigenvalue weighted by atomic mass is 9.85. The van der Waals surface area contributed by atoms with E-state index in [1.54, 1.807) is 4.90 Å². The van der Waals surface area contributed by atoms with Crippen molar-refractivity contribution in [3.63, 3.8) is 0 Å². The summed E-state index contributed by atoms with van der Waals surface area (Å²) in [6.45, 7) is 0.159. The van der Waals surface area contributed by atoms with E-state index < -0.39 is 17.5 Å². The molecule has 1 aromatic carbocycles. The Balaban J connectivity index is 2.07. The van der Waals surface area contributed by atoms with Gasteiger partial charge in [-0.25, -0.2) is 0 Å². The lowest BCUT2D eigenvalue weighted by Crippen LogP contribution is -2.52. The van der Waals surface area contributed by atoms with Crippen molar-refractivity contribution < 1.29 is 23.1 Å². The molecule has 0 saturated carbocycles. The Morgan fingerprint density at radius 3 is 2.61 bits per heavy atom. The van der Waals surface area contributed by atoms with Crippen LogP contribution in [0.2, 0.25) is 0 Å². The molecule has 1 amide bonds. The minimum absolute atomic E-state index is 0.0475. The fourth-order valence-electron chi connectivity index (χ4n) is 2.86. The van der Waals surface area contributed by atoms with E-state index in [9.17, 15) is 18.0 Å². The summed E-state index contributed by atoms with van der Waals surface area (Å²) in [5.74, 6) is -0.992. The Hall–Kier alpha value is -1.60. The van der Waals surface area contributed by atoms with Crippen molar-refractivity contribution in [3.8, 4) is 0 Å². The molecule has 1 atom stereocenters. The smallest absolute Gasteiger partial charge is 0.396 e. The zero-order valence-corrected chi connectivity index (χ0v) is 12.8. The Bertz CT molecular complexity index is 522. The molecule has 1 aliphatic rings. The first-order valence-electron chi connectivity index (χ1n) is 7.61. The lowest BCUT2D eigenvalue weighted by molar-refractivity contribution is -0.218. The van der Waals surface area contributed by atoms with Crippen molar-refractivity contribution >= 4 is 5.91 Å². The van der Waals surface area contributed by atoms with Gasteiger partial charge in [0.1, 0.15) is 0 Å². The predicted octanol–water partition coefficient (Wildman–Crippen LogP) is 1.94. The van der Waals surface area contributed by atoms with Crippen LogP contribution in [0.15, 0.2) is 30.3 Å². The third kappa shape index (κ3) is 4.03. The van der Waals surface area contributed by atoms with E-state index in [2.05, 4.69) is 5.32 Å². The molecule has 1 fully saturated rings. The topological polar surface area (TPSA) is 52.6 Å². The van der Waals surface area contributed by atoms with Crippen LogP contribution in [0.5, 0.6) is 0 Å². The predicted molar refractivity (Wildman–Crippen MR) is 79.5 cm³/mol. The molecular weight excluding hydrogens is 309 g/mol. The second-order valence-electron chi connectivity index (χ2n) is 5.86. The van der Waals surface area contributed by atoms with Crippen LogP contribution in [0.4, 0.5) is 13.2 Å². The molecule has 0 aliphatic carbocycles. The van der Waals surface area contributed by atoms with Gasteiger partial charge in [-0.1, -0.05) is 30.3 Å². The van der Waals surface area contributed by atoms with Gasteiger partial charge in [-0.3, -0.25) is 9.69 Å². The zero-order chi connectivity index (χ0) is 16.9. The summed E-state index contributed by atoms with van der Waals surface area (Å²) in [6, 6.07) is 9.24. The van der Waals surface area contributed by atoms with Crippen LogP contribution in [0.25, 0.3) is 0 Å². The second-order valence-corrected chi connectivity index (χ2v) is 5.86. The van der Waals surface area contributed by atoms with Gasteiger partial charge < -0.3 is 10.4 Å². The third-order valence-electron chi connectivity index (χ3n) is 4.20. The van der Waals surface area contributed by atoms with Crippen LogP contribution >= 0.6 is 0 Å². The average molecular weight is 330 g/mol. The van der Waals surface area contributed by atoms with Gasteiger partial charge >= 0.3 is 6.18 Å². The van der Waals surface area contributed by atoms with E-state index in [1.165, 1.54) is 0 Å². The highest BCUT2D eigenvalue weighted by Crippen LogP contribution is 2.46. The first-order chi connectivity index (χ1) is 10.9. The molecule has 1 unspecified atom stereocenters. The summed E-state index contributed by atoms with van der Waals surface area (Å²) >= 11 is 0.